The molecule has 0 saturated heterocycles. The summed E-state index contributed by atoms with van der Waals surface area (Å²) in [6, 6.07) is 8.82. The number of benzene rings is 1. The number of hydrogen-bond acceptors (Lipinski definition) is 2. The first-order chi connectivity index (χ1) is 10.0. The molecule has 0 aromatic heterocycles. The van der Waals surface area contributed by atoms with Crippen LogP contribution in [0.4, 0.5) is 0 Å². The van der Waals surface area contributed by atoms with Gasteiger partial charge in [-0.3, -0.25) is 4.79 Å². The summed E-state index contributed by atoms with van der Waals surface area (Å²) in [6.45, 7) is 15.7. The average molecular weight is 339 g/mol. The van der Waals surface area contributed by atoms with Crippen molar-refractivity contribution in [2.75, 3.05) is 13.7 Å². The molecule has 1 atom stereocenters. The molecule has 0 N–H and O–H groups in total. The second-order valence-electron chi connectivity index (χ2n) is 7.77. The molecule has 0 aliphatic heterocycles. The molecule has 1 unspecified atom stereocenters. The van der Waals surface area contributed by atoms with Gasteiger partial charge in [-0.25, -0.2) is 0 Å². The second kappa shape index (κ2) is 8.53. The van der Waals surface area contributed by atoms with E-state index in [4.69, 9.17) is 4.74 Å². The largest absolute Gasteiger partial charge is 1.00 e. The Hall–Kier alpha value is -0.536. The normalized spacial score (nSPS) is 13.2. The van der Waals surface area contributed by atoms with E-state index in [9.17, 15) is 4.79 Å². The zero-order chi connectivity index (χ0) is 17.1. The molecule has 1 amide bonds. The number of ether oxygens (including phenoxy) is 1. The molecule has 0 fully saturated rings. The molecule has 124 valence electrons. The van der Waals surface area contributed by atoms with Crippen molar-refractivity contribution in [1.82, 2.24) is 4.90 Å². The Kier molecular flexibility index (Phi) is 8.33. The van der Waals surface area contributed by atoms with E-state index >= 15 is 0 Å². The van der Waals surface area contributed by atoms with E-state index in [2.05, 4.69) is 46.5 Å². The van der Waals surface area contributed by atoms with Crippen molar-refractivity contribution in [2.45, 2.75) is 53.6 Å². The molecular weight excluding hydrogens is 309 g/mol. The number of amides is 1. The van der Waals surface area contributed by atoms with Crippen LogP contribution in [0.1, 0.15) is 38.1 Å². The van der Waals surface area contributed by atoms with Gasteiger partial charge in [0.1, 0.15) is 6.23 Å². The average Bonchev–Trinajstić information content (AvgIpc) is 2.41. The summed E-state index contributed by atoms with van der Waals surface area (Å²) in [5.74, 6) is 0.0516. The Morgan fingerprint density at radius 2 is 1.91 bits per heavy atom. The molecule has 1 aromatic rings. The van der Waals surface area contributed by atoms with Gasteiger partial charge in [-0.1, -0.05) is 46.0 Å². The summed E-state index contributed by atoms with van der Waals surface area (Å²) < 4.78 is 5.64. The first kappa shape index (κ1) is 22.5. The number of carbonyl (C=O) groups excluding carboxylic acids is 1. The van der Waals surface area contributed by atoms with Crippen molar-refractivity contribution >= 4 is 19.2 Å². The molecule has 1 aromatic carbocycles. The fourth-order valence-electron chi connectivity index (χ4n) is 2.76. The Morgan fingerprint density at radius 3 is 2.30 bits per heavy atom. The Balaban J connectivity index is 0.00000484. The van der Waals surface area contributed by atoms with Crippen molar-refractivity contribution in [2.24, 2.45) is 5.41 Å². The molecule has 0 spiro atoms. The summed E-state index contributed by atoms with van der Waals surface area (Å²) in [4.78, 5) is 15.0. The van der Waals surface area contributed by atoms with Crippen LogP contribution in [0.2, 0.25) is 19.6 Å². The minimum absolute atomic E-state index is 0. The quantitative estimate of drug-likeness (QED) is 0.445. The standard InChI is InChI=1S/C18H30NO2Si.Li/c1-9-19(17(21-5)18(2,3)4)16(20)14-12-10-11-13-15(14)22(6,7)8;/h10,12-13,17H,9H2,1-8H3;/q-1;+1/i10+2,11+2,12+2,13+2,14+2,15+2;. The van der Waals surface area contributed by atoms with Gasteiger partial charge in [0.05, 0.1) is 0 Å². The first-order valence-corrected chi connectivity index (χ1v) is 11.4. The van der Waals surface area contributed by atoms with Crippen molar-refractivity contribution in [3.8, 4) is 0 Å². The Morgan fingerprint density at radius 1 is 1.35 bits per heavy atom. The maximum atomic E-state index is 13.1. The third-order valence-corrected chi connectivity index (χ3v) is 5.78. The summed E-state index contributed by atoms with van der Waals surface area (Å²) in [7, 11) is 0.0610. The van der Waals surface area contributed by atoms with Gasteiger partial charge < -0.3 is 9.64 Å². The molecule has 3 nitrogen and oxygen atoms in total. The first-order valence-electron chi connectivity index (χ1n) is 7.88. The number of hydrogen-bond donors (Lipinski definition) is 0. The topological polar surface area (TPSA) is 29.5 Å². The van der Waals surface area contributed by atoms with Gasteiger partial charge in [0.2, 0.25) is 5.91 Å². The molecule has 0 radical (unpaired) electrons. The number of rotatable bonds is 5. The molecule has 0 heterocycles. The van der Waals surface area contributed by atoms with Crippen LogP contribution in [0.25, 0.3) is 0 Å². The van der Waals surface area contributed by atoms with Gasteiger partial charge in [-0.05, 0) is 6.92 Å². The summed E-state index contributed by atoms with van der Waals surface area (Å²) >= 11 is 0. The van der Waals surface area contributed by atoms with Gasteiger partial charge in [0.25, 0.3) is 0 Å². The van der Waals surface area contributed by atoms with Gasteiger partial charge in [0.15, 0.2) is 0 Å². The van der Waals surface area contributed by atoms with Gasteiger partial charge in [-0.15, -0.1) is 5.19 Å². The smallest absolute Gasteiger partial charge is 0.361 e. The third-order valence-electron chi connectivity index (χ3n) is 3.75. The predicted molar refractivity (Wildman–Crippen MR) is 95.2 cm³/mol. The van der Waals surface area contributed by atoms with Crippen molar-refractivity contribution in [1.29, 1.82) is 0 Å². The molecule has 23 heavy (non-hydrogen) atoms. The van der Waals surface area contributed by atoms with Crippen molar-refractivity contribution in [3.05, 3.63) is 29.8 Å². The molecule has 0 aliphatic carbocycles. The number of nitrogens with zero attached hydrogens (tertiary/aromatic N) is 1. The summed E-state index contributed by atoms with van der Waals surface area (Å²) in [6.07, 6.45) is -0.247. The van der Waals surface area contributed by atoms with Crippen LogP contribution >= 0.6 is 0 Å². The molecule has 0 aliphatic rings. The van der Waals surface area contributed by atoms with Crippen LogP contribution in [0.5, 0.6) is 0 Å². The predicted octanol–water partition coefficient (Wildman–Crippen LogP) is 0.517. The zero-order valence-electron chi connectivity index (χ0n) is 16.3. The van der Waals surface area contributed by atoms with E-state index in [-0.39, 0.29) is 36.4 Å². The van der Waals surface area contributed by atoms with E-state index in [1.165, 1.54) is 0 Å². The van der Waals surface area contributed by atoms with Crippen molar-refractivity contribution in [3.63, 3.8) is 0 Å². The minimum atomic E-state index is -1.61. The number of methoxy groups -OCH3 is 1. The van der Waals surface area contributed by atoms with Crippen LogP contribution in [0.15, 0.2) is 18.2 Å². The van der Waals surface area contributed by atoms with Crippen LogP contribution in [0, 0.1) is 11.5 Å². The molecule has 0 bridgehead atoms. The SMILES string of the molecule is CCN(C(=O)[14c]1[14cH][14cH][14c-][14cH][14c]1[Si](C)(C)C)C(OC)C(C)(C)C.[Li+]. The minimum Gasteiger partial charge on any atom is -0.361 e. The van der Waals surface area contributed by atoms with E-state index in [0.29, 0.717) is 6.54 Å². The van der Waals surface area contributed by atoms with Crippen LogP contribution in [0.3, 0.4) is 0 Å². The monoisotopic (exact) mass is 339 g/mol. The Labute approximate surface area is 155 Å². The van der Waals surface area contributed by atoms with Crippen molar-refractivity contribution < 1.29 is 28.4 Å². The van der Waals surface area contributed by atoms with Gasteiger partial charge in [-0.2, -0.15) is 24.3 Å². The van der Waals surface area contributed by atoms with Crippen LogP contribution < -0.4 is 24.0 Å². The van der Waals surface area contributed by atoms with Gasteiger partial charge in [0, 0.05) is 27.1 Å². The number of carbonyl (C=O) groups is 1. The maximum absolute atomic E-state index is 13.1. The molecule has 1 rings (SSSR count). The molecule has 5 heteroatoms. The van der Waals surface area contributed by atoms with E-state index in [0.717, 1.165) is 10.8 Å². The van der Waals surface area contributed by atoms with Gasteiger partial charge >= 0.3 is 18.9 Å². The molecule has 0 saturated carbocycles. The second-order valence-corrected chi connectivity index (χ2v) is 12.8. The fourth-order valence-corrected chi connectivity index (χ4v) is 4.27. The Bertz CT molecular complexity index is 520. The summed E-state index contributed by atoms with van der Waals surface area (Å²) in [5.41, 5.74) is 0.659. The van der Waals surface area contributed by atoms with Crippen LogP contribution in [-0.2, 0) is 4.74 Å². The van der Waals surface area contributed by atoms with E-state index < -0.39 is 8.07 Å². The third kappa shape index (κ3) is 5.50. The molecular formula is C18H30LiNO2Si. The zero-order valence-corrected chi connectivity index (χ0v) is 17.3. The summed E-state index contributed by atoms with van der Waals surface area (Å²) in [5, 5.41) is 1.15. The fraction of sp³-hybridized carbons (Fsp3) is 0.611. The van der Waals surface area contributed by atoms with Crippen LogP contribution in [-0.4, -0.2) is 38.8 Å². The van der Waals surface area contributed by atoms with E-state index in [1.807, 2.05) is 30.0 Å². The maximum Gasteiger partial charge on any atom is 1.00 e. The van der Waals surface area contributed by atoms with E-state index in [1.54, 1.807) is 7.11 Å².